The van der Waals surface area contributed by atoms with Gasteiger partial charge in [0, 0.05) is 13.1 Å². The van der Waals surface area contributed by atoms with Crippen LogP contribution in [0.1, 0.15) is 24.8 Å². The number of unbranched alkanes of at least 4 members (excludes halogenated alkanes) is 2. The molecule has 1 rings (SSSR count). The van der Waals surface area contributed by atoms with Gasteiger partial charge in [-0.2, -0.15) is 0 Å². The van der Waals surface area contributed by atoms with Gasteiger partial charge in [0.2, 0.25) is 0 Å². The lowest BCUT2D eigenvalue weighted by molar-refractivity contribution is 0.240. The highest BCUT2D eigenvalue weighted by Crippen LogP contribution is 1.96. The molecule has 0 unspecified atom stereocenters. The predicted octanol–water partition coefficient (Wildman–Crippen LogP) is 1.61. The third-order valence-electron chi connectivity index (χ3n) is 2.46. The van der Waals surface area contributed by atoms with E-state index >= 15 is 0 Å². The summed E-state index contributed by atoms with van der Waals surface area (Å²) in [6, 6.07) is 9.75. The second-order valence-corrected chi connectivity index (χ2v) is 3.94. The first-order chi connectivity index (χ1) is 8.33. The predicted molar refractivity (Wildman–Crippen MR) is 69.6 cm³/mol. The lowest BCUT2D eigenvalue weighted by atomic mass is 10.2. The second-order valence-electron chi connectivity index (χ2n) is 3.94. The monoisotopic (exact) mass is 235 g/mol. The van der Waals surface area contributed by atoms with Gasteiger partial charge >= 0.3 is 6.03 Å². The van der Waals surface area contributed by atoms with Gasteiger partial charge in [0.15, 0.2) is 0 Å². The molecule has 0 heterocycles. The Bertz CT molecular complexity index is 314. The molecule has 17 heavy (non-hydrogen) atoms. The number of benzene rings is 1. The van der Waals surface area contributed by atoms with Crippen molar-refractivity contribution in [1.82, 2.24) is 10.6 Å². The van der Waals surface area contributed by atoms with Gasteiger partial charge in [-0.3, -0.25) is 0 Å². The summed E-state index contributed by atoms with van der Waals surface area (Å²) in [6.07, 6.45) is 3.07. The Hall–Kier alpha value is -1.55. The van der Waals surface area contributed by atoms with E-state index in [1.165, 1.54) is 0 Å². The highest BCUT2D eigenvalue weighted by molar-refractivity contribution is 5.73. The first-order valence-corrected chi connectivity index (χ1v) is 6.08. The quantitative estimate of drug-likeness (QED) is 0.629. The van der Waals surface area contributed by atoms with Gasteiger partial charge in [0.05, 0.1) is 0 Å². The van der Waals surface area contributed by atoms with Crippen molar-refractivity contribution in [2.45, 2.75) is 25.8 Å². The molecule has 0 saturated carbocycles. The molecule has 0 aromatic heterocycles. The van der Waals surface area contributed by atoms with E-state index in [1.807, 2.05) is 30.3 Å². The van der Waals surface area contributed by atoms with Gasteiger partial charge in [0.25, 0.3) is 0 Å². The minimum Gasteiger partial charge on any atom is -0.338 e. The molecule has 0 radical (unpaired) electrons. The summed E-state index contributed by atoms with van der Waals surface area (Å²) < 4.78 is 0. The molecular weight excluding hydrogens is 214 g/mol. The molecule has 0 saturated heterocycles. The van der Waals surface area contributed by atoms with E-state index in [-0.39, 0.29) is 6.03 Å². The maximum absolute atomic E-state index is 11.4. The highest BCUT2D eigenvalue weighted by Gasteiger charge is 1.98. The van der Waals surface area contributed by atoms with E-state index in [0.717, 1.165) is 31.4 Å². The number of nitrogens with two attached hydrogens (primary N) is 1. The second kappa shape index (κ2) is 8.58. The maximum Gasteiger partial charge on any atom is 0.315 e. The van der Waals surface area contributed by atoms with Crippen LogP contribution >= 0.6 is 0 Å². The molecule has 4 heteroatoms. The SMILES string of the molecule is NCCCCCNC(=O)NCc1ccccc1. The fourth-order valence-electron chi connectivity index (χ4n) is 1.49. The minimum atomic E-state index is -0.110. The minimum absolute atomic E-state index is 0.110. The van der Waals surface area contributed by atoms with E-state index < -0.39 is 0 Å². The maximum atomic E-state index is 11.4. The van der Waals surface area contributed by atoms with Crippen molar-refractivity contribution in [2.24, 2.45) is 5.73 Å². The fourth-order valence-corrected chi connectivity index (χ4v) is 1.49. The van der Waals surface area contributed by atoms with Crippen molar-refractivity contribution in [3.8, 4) is 0 Å². The molecule has 0 bridgehead atoms. The highest BCUT2D eigenvalue weighted by atomic mass is 16.2. The first kappa shape index (κ1) is 13.5. The number of hydrogen-bond donors (Lipinski definition) is 3. The average Bonchev–Trinajstić information content (AvgIpc) is 2.37. The summed E-state index contributed by atoms with van der Waals surface area (Å²) in [7, 11) is 0. The third-order valence-corrected chi connectivity index (χ3v) is 2.46. The number of amides is 2. The number of carbonyl (C=O) groups excluding carboxylic acids is 1. The Balaban J connectivity index is 2.05. The molecule has 0 aliphatic rings. The van der Waals surface area contributed by atoms with E-state index in [4.69, 9.17) is 5.73 Å². The average molecular weight is 235 g/mol. The van der Waals surface area contributed by atoms with Gasteiger partial charge in [-0.1, -0.05) is 36.8 Å². The number of hydrogen-bond acceptors (Lipinski definition) is 2. The Morgan fingerprint density at radius 2 is 1.82 bits per heavy atom. The van der Waals surface area contributed by atoms with Crippen molar-refractivity contribution >= 4 is 6.03 Å². The molecular formula is C13H21N3O. The summed E-state index contributed by atoms with van der Waals surface area (Å²) >= 11 is 0. The van der Waals surface area contributed by atoms with Crippen molar-refractivity contribution in [1.29, 1.82) is 0 Å². The smallest absolute Gasteiger partial charge is 0.315 e. The normalized spacial score (nSPS) is 9.94. The number of urea groups is 1. The van der Waals surface area contributed by atoms with Crippen LogP contribution in [0.25, 0.3) is 0 Å². The summed E-state index contributed by atoms with van der Waals surface area (Å²) in [4.78, 5) is 11.4. The molecule has 0 aliphatic heterocycles. The van der Waals surface area contributed by atoms with Crippen LogP contribution in [0.2, 0.25) is 0 Å². The first-order valence-electron chi connectivity index (χ1n) is 6.08. The Morgan fingerprint density at radius 3 is 2.53 bits per heavy atom. The Kier molecular flexibility index (Phi) is 6.82. The number of nitrogens with one attached hydrogen (secondary N) is 2. The van der Waals surface area contributed by atoms with Crippen molar-refractivity contribution < 1.29 is 4.79 Å². The van der Waals surface area contributed by atoms with Crippen molar-refractivity contribution in [3.63, 3.8) is 0 Å². The van der Waals surface area contributed by atoms with Gasteiger partial charge in [-0.25, -0.2) is 4.79 Å². The van der Waals surface area contributed by atoms with E-state index in [2.05, 4.69) is 10.6 Å². The zero-order valence-corrected chi connectivity index (χ0v) is 10.1. The van der Waals surface area contributed by atoms with Crippen LogP contribution < -0.4 is 16.4 Å². The van der Waals surface area contributed by atoms with Crippen LogP contribution in [0.5, 0.6) is 0 Å². The topological polar surface area (TPSA) is 67.1 Å². The summed E-state index contributed by atoms with van der Waals surface area (Å²) in [5, 5.41) is 5.64. The molecule has 1 aromatic rings. The number of carbonyl (C=O) groups is 1. The largest absolute Gasteiger partial charge is 0.338 e. The molecule has 0 spiro atoms. The van der Waals surface area contributed by atoms with Crippen LogP contribution in [-0.2, 0) is 6.54 Å². The molecule has 0 aliphatic carbocycles. The Labute approximate surface area is 103 Å². The molecule has 0 fully saturated rings. The standard InChI is InChI=1S/C13H21N3O/c14-9-5-2-6-10-15-13(17)16-11-12-7-3-1-4-8-12/h1,3-4,7-8H,2,5-6,9-11,14H2,(H2,15,16,17). The van der Waals surface area contributed by atoms with Gasteiger partial charge in [-0.15, -0.1) is 0 Å². The van der Waals surface area contributed by atoms with Crippen LogP contribution in [-0.4, -0.2) is 19.1 Å². The Morgan fingerprint density at radius 1 is 1.06 bits per heavy atom. The van der Waals surface area contributed by atoms with E-state index in [0.29, 0.717) is 13.1 Å². The fraction of sp³-hybridized carbons (Fsp3) is 0.462. The van der Waals surface area contributed by atoms with Crippen LogP contribution in [0.15, 0.2) is 30.3 Å². The summed E-state index contributed by atoms with van der Waals surface area (Å²) in [6.45, 7) is 2.00. The zero-order valence-electron chi connectivity index (χ0n) is 10.1. The summed E-state index contributed by atoms with van der Waals surface area (Å²) in [5.74, 6) is 0. The molecule has 94 valence electrons. The van der Waals surface area contributed by atoms with Gasteiger partial charge in [-0.05, 0) is 24.9 Å². The van der Waals surface area contributed by atoms with Crippen LogP contribution in [0.4, 0.5) is 4.79 Å². The zero-order chi connectivity index (χ0) is 12.3. The third kappa shape index (κ3) is 6.58. The van der Waals surface area contributed by atoms with Crippen LogP contribution in [0.3, 0.4) is 0 Å². The molecule has 4 nitrogen and oxygen atoms in total. The molecule has 1 aromatic carbocycles. The van der Waals surface area contributed by atoms with Crippen molar-refractivity contribution in [2.75, 3.05) is 13.1 Å². The molecule has 2 amide bonds. The van der Waals surface area contributed by atoms with Gasteiger partial charge < -0.3 is 16.4 Å². The van der Waals surface area contributed by atoms with E-state index in [1.54, 1.807) is 0 Å². The molecule has 0 atom stereocenters. The number of rotatable bonds is 7. The van der Waals surface area contributed by atoms with Crippen LogP contribution in [0, 0.1) is 0 Å². The lowest BCUT2D eigenvalue weighted by Crippen LogP contribution is -2.35. The lowest BCUT2D eigenvalue weighted by Gasteiger charge is -2.07. The molecule has 4 N–H and O–H groups in total. The van der Waals surface area contributed by atoms with Gasteiger partial charge in [0.1, 0.15) is 0 Å². The van der Waals surface area contributed by atoms with E-state index in [9.17, 15) is 4.79 Å². The van der Waals surface area contributed by atoms with Crippen molar-refractivity contribution in [3.05, 3.63) is 35.9 Å². The summed E-state index contributed by atoms with van der Waals surface area (Å²) in [5.41, 5.74) is 6.49.